The summed E-state index contributed by atoms with van der Waals surface area (Å²) in [6, 6.07) is 16.1. The maximum Gasteiger partial charge on any atom is 0.407 e. The SMILES string of the molecule is CC(C)(CNC(=O)CC(NC(=O)OCC1c2ccccc2-c2ccccc21)C1CCC1)CC(=O)O. The Morgan fingerprint density at radius 1 is 1.03 bits per heavy atom. The molecule has 2 aromatic rings. The van der Waals surface area contributed by atoms with Gasteiger partial charge in [0.1, 0.15) is 6.61 Å². The molecule has 1 fully saturated rings. The second-order valence-corrected chi connectivity index (χ2v) is 10.5. The average Bonchev–Trinajstić information content (AvgIpc) is 3.08. The molecule has 0 aromatic heterocycles. The first-order chi connectivity index (χ1) is 16.7. The third kappa shape index (κ3) is 6.02. The minimum absolute atomic E-state index is 0.0185. The Morgan fingerprint density at radius 2 is 1.63 bits per heavy atom. The number of fused-ring (bicyclic) bond motifs is 3. The van der Waals surface area contributed by atoms with Gasteiger partial charge in [-0.1, -0.05) is 68.8 Å². The van der Waals surface area contributed by atoms with E-state index >= 15 is 0 Å². The van der Waals surface area contributed by atoms with Crippen LogP contribution in [-0.4, -0.2) is 42.3 Å². The molecular formula is C28H34N2O5. The monoisotopic (exact) mass is 478 g/mol. The Bertz CT molecular complexity index is 1050. The lowest BCUT2D eigenvalue weighted by atomic mass is 9.78. The van der Waals surface area contributed by atoms with Gasteiger partial charge in [-0.3, -0.25) is 9.59 Å². The van der Waals surface area contributed by atoms with Crippen molar-refractivity contribution in [1.29, 1.82) is 0 Å². The van der Waals surface area contributed by atoms with E-state index in [0.29, 0.717) is 0 Å². The van der Waals surface area contributed by atoms with Gasteiger partial charge in [-0.05, 0) is 46.4 Å². The standard InChI is InChI=1S/C28H34N2O5/c1-28(2,15-26(32)33)17-29-25(31)14-24(18-8-7-9-18)30-27(34)35-16-23-21-12-5-3-10-19(21)20-11-4-6-13-22(20)23/h3-6,10-13,18,23-24H,7-9,14-17H2,1-2H3,(H,29,31)(H,30,34)(H,32,33). The highest BCUT2D eigenvalue weighted by atomic mass is 16.5. The molecule has 186 valence electrons. The smallest absolute Gasteiger partial charge is 0.407 e. The van der Waals surface area contributed by atoms with E-state index in [9.17, 15) is 14.4 Å². The number of carbonyl (C=O) groups is 3. The van der Waals surface area contributed by atoms with Gasteiger partial charge in [-0.25, -0.2) is 4.79 Å². The molecular weight excluding hydrogens is 444 g/mol. The van der Waals surface area contributed by atoms with E-state index in [1.165, 1.54) is 11.1 Å². The number of carboxylic acids is 1. The number of nitrogens with one attached hydrogen (secondary N) is 2. The van der Waals surface area contributed by atoms with Gasteiger partial charge >= 0.3 is 12.1 Å². The van der Waals surface area contributed by atoms with E-state index in [0.717, 1.165) is 30.4 Å². The molecule has 2 aliphatic rings. The zero-order valence-electron chi connectivity index (χ0n) is 20.4. The summed E-state index contributed by atoms with van der Waals surface area (Å²) in [6.07, 6.45) is 2.62. The molecule has 2 aliphatic carbocycles. The molecule has 2 aromatic carbocycles. The third-order valence-corrected chi connectivity index (χ3v) is 7.16. The number of alkyl carbamates (subject to hydrolysis) is 1. The molecule has 0 aliphatic heterocycles. The first-order valence-corrected chi connectivity index (χ1v) is 12.3. The second-order valence-electron chi connectivity index (χ2n) is 10.5. The van der Waals surface area contributed by atoms with E-state index in [2.05, 4.69) is 34.9 Å². The lowest BCUT2D eigenvalue weighted by Crippen LogP contribution is -2.47. The van der Waals surface area contributed by atoms with Crippen molar-refractivity contribution >= 4 is 18.0 Å². The Balaban J connectivity index is 1.33. The second kappa shape index (κ2) is 10.5. The molecule has 4 rings (SSSR count). The molecule has 1 atom stereocenters. The number of rotatable bonds is 10. The van der Waals surface area contributed by atoms with Gasteiger partial charge in [-0.15, -0.1) is 0 Å². The molecule has 0 radical (unpaired) electrons. The summed E-state index contributed by atoms with van der Waals surface area (Å²) in [5, 5.41) is 14.8. The highest BCUT2D eigenvalue weighted by molar-refractivity contribution is 5.79. The first-order valence-electron chi connectivity index (χ1n) is 12.3. The highest BCUT2D eigenvalue weighted by Gasteiger charge is 2.33. The normalized spacial score (nSPS) is 15.9. The number of benzene rings is 2. The van der Waals surface area contributed by atoms with Gasteiger partial charge < -0.3 is 20.5 Å². The third-order valence-electron chi connectivity index (χ3n) is 7.16. The number of amides is 2. The Hall–Kier alpha value is -3.35. The van der Waals surface area contributed by atoms with Gasteiger partial charge in [0, 0.05) is 24.9 Å². The number of hydrogen-bond acceptors (Lipinski definition) is 4. The van der Waals surface area contributed by atoms with Crippen LogP contribution in [0.2, 0.25) is 0 Å². The van der Waals surface area contributed by atoms with E-state index in [1.807, 2.05) is 24.3 Å². The fourth-order valence-corrected chi connectivity index (χ4v) is 5.05. The fourth-order valence-electron chi connectivity index (χ4n) is 5.05. The summed E-state index contributed by atoms with van der Waals surface area (Å²) in [6.45, 7) is 4.10. The van der Waals surface area contributed by atoms with E-state index in [4.69, 9.17) is 9.84 Å². The molecule has 7 heteroatoms. The molecule has 0 heterocycles. The van der Waals surface area contributed by atoms with Crippen molar-refractivity contribution < 1.29 is 24.2 Å². The lowest BCUT2D eigenvalue weighted by Gasteiger charge is -2.34. The number of carbonyl (C=O) groups excluding carboxylic acids is 2. The van der Waals surface area contributed by atoms with Crippen molar-refractivity contribution in [3.63, 3.8) is 0 Å². The summed E-state index contributed by atoms with van der Waals surface area (Å²) in [5.74, 6) is -0.865. The van der Waals surface area contributed by atoms with Crippen molar-refractivity contribution in [2.75, 3.05) is 13.2 Å². The summed E-state index contributed by atoms with van der Waals surface area (Å²) in [4.78, 5) is 36.4. The van der Waals surface area contributed by atoms with Crippen LogP contribution in [0.25, 0.3) is 11.1 Å². The van der Waals surface area contributed by atoms with Crippen molar-refractivity contribution in [1.82, 2.24) is 10.6 Å². The Morgan fingerprint density at radius 3 is 2.17 bits per heavy atom. The highest BCUT2D eigenvalue weighted by Crippen LogP contribution is 2.44. The van der Waals surface area contributed by atoms with Crippen molar-refractivity contribution in [2.45, 2.75) is 57.9 Å². The molecule has 1 unspecified atom stereocenters. The van der Waals surface area contributed by atoms with E-state index in [1.54, 1.807) is 13.8 Å². The van der Waals surface area contributed by atoms with Gasteiger partial charge in [0.05, 0.1) is 6.42 Å². The Kier molecular flexibility index (Phi) is 7.43. The predicted octanol–water partition coefficient (Wildman–Crippen LogP) is 4.70. The Labute approximate surface area is 206 Å². The largest absolute Gasteiger partial charge is 0.481 e. The van der Waals surface area contributed by atoms with Crippen LogP contribution in [0.3, 0.4) is 0 Å². The van der Waals surface area contributed by atoms with Gasteiger partial charge in [0.15, 0.2) is 0 Å². The molecule has 35 heavy (non-hydrogen) atoms. The van der Waals surface area contributed by atoms with Gasteiger partial charge in [0.2, 0.25) is 5.91 Å². The number of ether oxygens (including phenoxy) is 1. The van der Waals surface area contributed by atoms with Gasteiger partial charge in [0.25, 0.3) is 0 Å². The topological polar surface area (TPSA) is 105 Å². The summed E-state index contributed by atoms with van der Waals surface area (Å²) in [7, 11) is 0. The van der Waals surface area contributed by atoms with Crippen molar-refractivity contribution in [2.24, 2.45) is 11.3 Å². The summed E-state index contributed by atoms with van der Waals surface area (Å²) >= 11 is 0. The number of carboxylic acid groups (broad SMARTS) is 1. The van der Waals surface area contributed by atoms with Crippen LogP contribution >= 0.6 is 0 Å². The molecule has 7 nitrogen and oxygen atoms in total. The van der Waals surface area contributed by atoms with Crippen molar-refractivity contribution in [3.05, 3.63) is 59.7 Å². The molecule has 0 saturated heterocycles. The average molecular weight is 479 g/mol. The van der Waals surface area contributed by atoms with Crippen LogP contribution in [0.15, 0.2) is 48.5 Å². The maximum absolute atomic E-state index is 12.8. The molecule has 2 amide bonds. The predicted molar refractivity (Wildman–Crippen MR) is 133 cm³/mol. The number of aliphatic carboxylic acids is 1. The van der Waals surface area contributed by atoms with Crippen LogP contribution in [0.5, 0.6) is 0 Å². The maximum atomic E-state index is 12.8. The zero-order chi connectivity index (χ0) is 25.0. The summed E-state index contributed by atoms with van der Waals surface area (Å²) in [5.41, 5.74) is 4.10. The number of hydrogen-bond donors (Lipinski definition) is 3. The van der Waals surface area contributed by atoms with Crippen LogP contribution in [0.4, 0.5) is 4.79 Å². The molecule has 0 bridgehead atoms. The molecule has 1 saturated carbocycles. The summed E-state index contributed by atoms with van der Waals surface area (Å²) < 4.78 is 5.68. The lowest BCUT2D eigenvalue weighted by molar-refractivity contribution is -0.139. The zero-order valence-corrected chi connectivity index (χ0v) is 20.4. The molecule has 0 spiro atoms. The molecule has 3 N–H and O–H groups in total. The van der Waals surface area contributed by atoms with Crippen LogP contribution in [-0.2, 0) is 14.3 Å². The quantitative estimate of drug-likeness (QED) is 0.459. The van der Waals surface area contributed by atoms with Crippen molar-refractivity contribution in [3.8, 4) is 11.1 Å². The minimum atomic E-state index is -0.895. The fraction of sp³-hybridized carbons (Fsp3) is 0.464. The van der Waals surface area contributed by atoms with Crippen LogP contribution in [0.1, 0.15) is 63.0 Å². The van der Waals surface area contributed by atoms with Crippen LogP contribution in [0, 0.1) is 11.3 Å². The van der Waals surface area contributed by atoms with E-state index < -0.39 is 17.5 Å². The first kappa shape index (κ1) is 24.8. The minimum Gasteiger partial charge on any atom is -0.481 e. The van der Waals surface area contributed by atoms with Crippen LogP contribution < -0.4 is 10.6 Å². The van der Waals surface area contributed by atoms with E-state index in [-0.39, 0.29) is 49.8 Å². The van der Waals surface area contributed by atoms with Gasteiger partial charge in [-0.2, -0.15) is 0 Å².